The van der Waals surface area contributed by atoms with Crippen LogP contribution in [0.2, 0.25) is 0 Å². The van der Waals surface area contributed by atoms with Gasteiger partial charge >= 0.3 is 13.6 Å². The van der Waals surface area contributed by atoms with Crippen LogP contribution in [0.1, 0.15) is 38.7 Å². The number of cyclic esters (lactones) is 1. The molecule has 0 amide bonds. The average molecular weight is 370 g/mol. The summed E-state index contributed by atoms with van der Waals surface area (Å²) in [6.07, 6.45) is 0.246. The second-order valence-corrected chi connectivity index (χ2v) is 8.18. The van der Waals surface area contributed by atoms with E-state index in [1.54, 1.807) is 19.9 Å². The Kier molecular flexibility index (Phi) is 5.37. The molecule has 0 aromatic heterocycles. The van der Waals surface area contributed by atoms with Crippen LogP contribution in [0.5, 0.6) is 11.5 Å². The Labute approximate surface area is 147 Å². The van der Waals surface area contributed by atoms with Crippen LogP contribution in [0.4, 0.5) is 0 Å². The molecule has 8 heteroatoms. The highest BCUT2D eigenvalue weighted by Gasteiger charge is 2.51. The summed E-state index contributed by atoms with van der Waals surface area (Å²) in [5, 5.41) is 0. The summed E-state index contributed by atoms with van der Waals surface area (Å²) in [6, 6.07) is 5.48. The molecule has 0 spiro atoms. The standard InChI is InChI=1S/C17H23O7P/c1-4-22-25(19,23-5-2)16-13(8-11(3)24-17(16)18)12-6-7-14-15(9-12)21-10-20-14/h6-7,9,11,13,16H,4-5,8,10H2,1-3H3/t11-,13+,16+/m0/s1. The molecule has 0 radical (unpaired) electrons. The van der Waals surface area contributed by atoms with E-state index in [0.29, 0.717) is 17.9 Å². The zero-order valence-electron chi connectivity index (χ0n) is 14.6. The van der Waals surface area contributed by atoms with E-state index in [9.17, 15) is 9.36 Å². The number of benzene rings is 1. The Hall–Kier alpha value is -1.56. The molecule has 0 saturated carbocycles. The molecule has 1 aromatic rings. The van der Waals surface area contributed by atoms with Gasteiger partial charge in [0.25, 0.3) is 0 Å². The lowest BCUT2D eigenvalue weighted by atomic mass is 9.88. The lowest BCUT2D eigenvalue weighted by Crippen LogP contribution is -2.40. The third-order valence-electron chi connectivity index (χ3n) is 4.31. The van der Waals surface area contributed by atoms with E-state index in [1.807, 2.05) is 19.1 Å². The highest BCUT2D eigenvalue weighted by Crippen LogP contribution is 2.60. The van der Waals surface area contributed by atoms with Crippen molar-refractivity contribution < 1.29 is 32.6 Å². The maximum Gasteiger partial charge on any atom is 0.345 e. The number of ether oxygens (including phenoxy) is 3. The topological polar surface area (TPSA) is 80.3 Å². The van der Waals surface area contributed by atoms with Crippen molar-refractivity contribution in [3.05, 3.63) is 23.8 Å². The number of fused-ring (bicyclic) bond motifs is 1. The first-order chi connectivity index (χ1) is 12.0. The second kappa shape index (κ2) is 7.36. The molecular weight excluding hydrogens is 347 g/mol. The normalized spacial score (nSPS) is 25.7. The molecule has 3 atom stereocenters. The Morgan fingerprint density at radius 3 is 2.52 bits per heavy atom. The molecule has 2 aliphatic rings. The minimum absolute atomic E-state index is 0.168. The first-order valence-corrected chi connectivity index (χ1v) is 10.1. The Bertz CT molecular complexity index is 680. The quantitative estimate of drug-likeness (QED) is 0.560. The molecule has 2 aliphatic heterocycles. The molecule has 7 nitrogen and oxygen atoms in total. The van der Waals surface area contributed by atoms with Gasteiger partial charge in [0.1, 0.15) is 0 Å². The number of carbonyl (C=O) groups excluding carboxylic acids is 1. The van der Waals surface area contributed by atoms with Crippen molar-refractivity contribution in [3.8, 4) is 11.5 Å². The predicted molar refractivity (Wildman–Crippen MR) is 90.1 cm³/mol. The largest absolute Gasteiger partial charge is 0.462 e. The van der Waals surface area contributed by atoms with E-state index in [1.165, 1.54) is 0 Å². The summed E-state index contributed by atoms with van der Waals surface area (Å²) in [5.41, 5.74) is -0.165. The van der Waals surface area contributed by atoms with Crippen molar-refractivity contribution in [3.63, 3.8) is 0 Å². The fourth-order valence-corrected chi connectivity index (χ4v) is 5.51. The lowest BCUT2D eigenvalue weighted by molar-refractivity contribution is -0.153. The number of esters is 1. The monoisotopic (exact) mass is 370 g/mol. The van der Waals surface area contributed by atoms with Gasteiger partial charge in [-0.1, -0.05) is 6.07 Å². The van der Waals surface area contributed by atoms with E-state index < -0.39 is 19.2 Å². The fraction of sp³-hybridized carbons (Fsp3) is 0.588. The van der Waals surface area contributed by atoms with Gasteiger partial charge in [0, 0.05) is 5.92 Å². The van der Waals surface area contributed by atoms with Crippen molar-refractivity contribution in [2.24, 2.45) is 0 Å². The van der Waals surface area contributed by atoms with Gasteiger partial charge < -0.3 is 23.3 Å². The highest BCUT2D eigenvalue weighted by molar-refractivity contribution is 7.55. The van der Waals surface area contributed by atoms with Crippen molar-refractivity contribution in [1.82, 2.24) is 0 Å². The van der Waals surface area contributed by atoms with Crippen LogP contribution in [0.15, 0.2) is 18.2 Å². The molecule has 0 aliphatic carbocycles. The van der Waals surface area contributed by atoms with Gasteiger partial charge in [-0.3, -0.25) is 9.36 Å². The zero-order chi connectivity index (χ0) is 18.0. The van der Waals surface area contributed by atoms with Crippen molar-refractivity contribution >= 4 is 13.6 Å². The minimum Gasteiger partial charge on any atom is -0.462 e. The van der Waals surface area contributed by atoms with Crippen molar-refractivity contribution in [2.45, 2.75) is 44.9 Å². The Morgan fingerprint density at radius 2 is 1.84 bits per heavy atom. The van der Waals surface area contributed by atoms with Crippen LogP contribution < -0.4 is 9.47 Å². The molecule has 1 fully saturated rings. The predicted octanol–water partition coefficient (Wildman–Crippen LogP) is 3.47. The molecule has 25 heavy (non-hydrogen) atoms. The van der Waals surface area contributed by atoms with Gasteiger partial charge in [0.05, 0.1) is 19.3 Å². The van der Waals surface area contributed by atoms with E-state index in [0.717, 1.165) is 5.56 Å². The number of rotatable bonds is 6. The van der Waals surface area contributed by atoms with E-state index in [4.69, 9.17) is 23.3 Å². The maximum absolute atomic E-state index is 13.3. The first kappa shape index (κ1) is 18.2. The van der Waals surface area contributed by atoms with Crippen LogP contribution in [0, 0.1) is 0 Å². The van der Waals surface area contributed by atoms with Crippen LogP contribution in [0.3, 0.4) is 0 Å². The van der Waals surface area contributed by atoms with Crippen LogP contribution in [0.25, 0.3) is 0 Å². The first-order valence-electron chi connectivity index (χ1n) is 8.47. The Morgan fingerprint density at radius 1 is 1.16 bits per heavy atom. The van der Waals surface area contributed by atoms with Gasteiger partial charge in [-0.2, -0.15) is 0 Å². The summed E-state index contributed by atoms with van der Waals surface area (Å²) < 4.78 is 40.3. The third kappa shape index (κ3) is 3.54. The summed E-state index contributed by atoms with van der Waals surface area (Å²) in [6.45, 7) is 5.80. The summed E-state index contributed by atoms with van der Waals surface area (Å²) >= 11 is 0. The summed E-state index contributed by atoms with van der Waals surface area (Å²) in [4.78, 5) is 12.6. The number of carbonyl (C=O) groups is 1. The highest BCUT2D eigenvalue weighted by atomic mass is 31.2. The van der Waals surface area contributed by atoms with Crippen LogP contribution in [-0.4, -0.2) is 37.7 Å². The van der Waals surface area contributed by atoms with Gasteiger partial charge in [-0.25, -0.2) is 0 Å². The molecule has 2 heterocycles. The molecular formula is C17H23O7P. The van der Waals surface area contributed by atoms with Gasteiger partial charge in [0.2, 0.25) is 6.79 Å². The number of hydrogen-bond acceptors (Lipinski definition) is 7. The molecule has 1 aromatic carbocycles. The van der Waals surface area contributed by atoms with E-state index >= 15 is 0 Å². The van der Waals surface area contributed by atoms with Gasteiger partial charge in [-0.15, -0.1) is 0 Å². The average Bonchev–Trinajstić information content (AvgIpc) is 3.01. The molecule has 1 saturated heterocycles. The minimum atomic E-state index is -3.67. The van der Waals surface area contributed by atoms with Crippen LogP contribution in [-0.2, 0) is 23.1 Å². The summed E-state index contributed by atoms with van der Waals surface area (Å²) in [7, 11) is -3.67. The van der Waals surface area contributed by atoms with Crippen molar-refractivity contribution in [2.75, 3.05) is 20.0 Å². The smallest absolute Gasteiger partial charge is 0.345 e. The molecule has 0 N–H and O–H groups in total. The lowest BCUT2D eigenvalue weighted by Gasteiger charge is -2.37. The van der Waals surface area contributed by atoms with Gasteiger partial charge in [-0.05, 0) is 44.9 Å². The number of hydrogen-bond donors (Lipinski definition) is 0. The second-order valence-electron chi connectivity index (χ2n) is 6.02. The SMILES string of the molecule is CCOP(=O)(OCC)[C@H]1C(=O)O[C@@H](C)C[C@@H]1c1ccc2c(c1)OCO2. The van der Waals surface area contributed by atoms with E-state index in [-0.39, 0.29) is 32.0 Å². The molecule has 138 valence electrons. The third-order valence-corrected chi connectivity index (χ3v) is 6.80. The fourth-order valence-electron chi connectivity index (χ4n) is 3.34. The van der Waals surface area contributed by atoms with Crippen molar-refractivity contribution in [1.29, 1.82) is 0 Å². The van der Waals surface area contributed by atoms with Gasteiger partial charge in [0.15, 0.2) is 17.2 Å². The molecule has 0 unspecified atom stereocenters. The van der Waals surface area contributed by atoms with E-state index in [2.05, 4.69) is 0 Å². The molecule has 3 rings (SSSR count). The Balaban J connectivity index is 2.00. The zero-order valence-corrected chi connectivity index (χ0v) is 15.5. The summed E-state index contributed by atoms with van der Waals surface area (Å²) in [5.74, 6) is 0.372. The maximum atomic E-state index is 13.3. The van der Waals surface area contributed by atoms with Crippen LogP contribution >= 0.6 is 7.60 Å². The molecule has 0 bridgehead atoms.